The third-order valence-electron chi connectivity index (χ3n) is 0.847. The zero-order valence-corrected chi connectivity index (χ0v) is 10.7. The van der Waals surface area contributed by atoms with Crippen molar-refractivity contribution >= 4 is 24.0 Å². The second-order valence-corrected chi connectivity index (χ2v) is 1.40. The normalized spacial score (nSPS) is 6.30. The molecule has 0 bridgehead atoms. The number of hydrogen-bond donors (Lipinski definition) is 0. The molecular formula is C7H5INZn-. The van der Waals surface area contributed by atoms with E-state index in [9.17, 15) is 0 Å². The van der Waals surface area contributed by atoms with Crippen LogP contribution in [0.25, 0.3) is 0 Å². The molecule has 48 valence electrons. The molecule has 3 heteroatoms. The van der Waals surface area contributed by atoms with E-state index in [1.807, 2.05) is 6.07 Å². The van der Waals surface area contributed by atoms with Crippen LogP contribution in [0, 0.1) is 17.4 Å². The molecule has 0 aliphatic rings. The fourth-order valence-corrected chi connectivity index (χ4v) is 0.461. The molecule has 0 atom stereocenters. The predicted molar refractivity (Wildman–Crippen MR) is 45.4 cm³/mol. The number of rotatable bonds is 0. The molecule has 0 radical (unpaired) electrons. The van der Waals surface area contributed by atoms with Crippen molar-refractivity contribution in [3.63, 3.8) is 0 Å². The minimum atomic E-state index is 0. The van der Waals surface area contributed by atoms with Crippen LogP contribution in [-0.4, -0.2) is 0 Å². The summed E-state index contributed by atoms with van der Waals surface area (Å²) in [4.78, 5) is 0. The standard InChI is InChI=1S/C7H4N.HI.Zn/c8-6-7-4-2-1-3-5-7;;/h2-5H;1H;/q-1;;. The van der Waals surface area contributed by atoms with E-state index in [1.165, 1.54) is 0 Å². The molecular weight excluding hydrogens is 290 g/mol. The van der Waals surface area contributed by atoms with Gasteiger partial charge in [0.1, 0.15) is 0 Å². The van der Waals surface area contributed by atoms with Gasteiger partial charge in [-0.3, -0.25) is 0 Å². The van der Waals surface area contributed by atoms with Crippen LogP contribution in [-0.2, 0) is 19.5 Å². The van der Waals surface area contributed by atoms with Crippen molar-refractivity contribution in [2.24, 2.45) is 0 Å². The molecule has 1 aromatic rings. The van der Waals surface area contributed by atoms with Crippen LogP contribution in [0.4, 0.5) is 0 Å². The zero-order chi connectivity index (χ0) is 5.82. The molecule has 1 nitrogen and oxygen atoms in total. The third kappa shape index (κ3) is 3.97. The van der Waals surface area contributed by atoms with Crippen LogP contribution in [0.3, 0.4) is 0 Å². The Kier molecular flexibility index (Phi) is 9.12. The van der Waals surface area contributed by atoms with E-state index in [2.05, 4.69) is 6.07 Å². The predicted octanol–water partition coefficient (Wildman–Crippen LogP) is 1.97. The molecule has 0 aromatic heterocycles. The Bertz CT molecular complexity index is 205. The van der Waals surface area contributed by atoms with Gasteiger partial charge in [-0.25, -0.2) is 0 Å². The maximum Gasteiger partial charge on any atom is 0.0725 e. The van der Waals surface area contributed by atoms with Gasteiger partial charge in [-0.2, -0.15) is 35.6 Å². The van der Waals surface area contributed by atoms with E-state index < -0.39 is 0 Å². The maximum absolute atomic E-state index is 8.27. The van der Waals surface area contributed by atoms with E-state index in [0.29, 0.717) is 5.56 Å². The van der Waals surface area contributed by atoms with E-state index >= 15 is 0 Å². The van der Waals surface area contributed by atoms with E-state index in [0.717, 1.165) is 0 Å². The van der Waals surface area contributed by atoms with Crippen molar-refractivity contribution in [1.29, 1.82) is 5.26 Å². The molecule has 0 unspecified atom stereocenters. The summed E-state index contributed by atoms with van der Waals surface area (Å²) in [5.41, 5.74) is 0.684. The Balaban J connectivity index is 0. The van der Waals surface area contributed by atoms with Crippen molar-refractivity contribution in [3.8, 4) is 6.07 Å². The first-order valence-corrected chi connectivity index (χ1v) is 2.29. The molecule has 1 aromatic carbocycles. The molecule has 10 heavy (non-hydrogen) atoms. The van der Waals surface area contributed by atoms with Gasteiger partial charge in [0.05, 0.1) is 6.07 Å². The topological polar surface area (TPSA) is 23.8 Å². The summed E-state index contributed by atoms with van der Waals surface area (Å²) in [7, 11) is 0. The fourth-order valence-electron chi connectivity index (χ4n) is 0.461. The molecule has 0 aliphatic heterocycles. The van der Waals surface area contributed by atoms with Crippen molar-refractivity contribution < 1.29 is 19.5 Å². The summed E-state index contributed by atoms with van der Waals surface area (Å²) in [6.45, 7) is 0. The van der Waals surface area contributed by atoms with Crippen molar-refractivity contribution in [3.05, 3.63) is 35.9 Å². The summed E-state index contributed by atoms with van der Waals surface area (Å²) in [6.07, 6.45) is 0. The van der Waals surface area contributed by atoms with Crippen LogP contribution in [0.5, 0.6) is 0 Å². The molecule has 0 spiro atoms. The van der Waals surface area contributed by atoms with Gasteiger partial charge in [-0.1, -0.05) is 5.56 Å². The number of nitrogens with zero attached hydrogens (tertiary/aromatic N) is 1. The van der Waals surface area contributed by atoms with Crippen molar-refractivity contribution in [1.82, 2.24) is 0 Å². The van der Waals surface area contributed by atoms with Gasteiger partial charge in [-0.05, 0) is 0 Å². The van der Waals surface area contributed by atoms with Gasteiger partial charge < -0.3 is 0 Å². The van der Waals surface area contributed by atoms with Crippen LogP contribution in [0.1, 0.15) is 5.56 Å². The van der Waals surface area contributed by atoms with Crippen LogP contribution >= 0.6 is 24.0 Å². The Morgan fingerprint density at radius 2 is 1.80 bits per heavy atom. The molecule has 0 saturated heterocycles. The van der Waals surface area contributed by atoms with Gasteiger partial charge in [0.2, 0.25) is 0 Å². The summed E-state index contributed by atoms with van der Waals surface area (Å²) in [6, 6.07) is 11.7. The first-order chi connectivity index (χ1) is 3.93. The van der Waals surface area contributed by atoms with Crippen molar-refractivity contribution in [2.45, 2.75) is 0 Å². The summed E-state index contributed by atoms with van der Waals surface area (Å²) in [5, 5.41) is 8.27. The third-order valence-corrected chi connectivity index (χ3v) is 0.847. The quantitative estimate of drug-likeness (QED) is 0.408. The number of nitriles is 1. The number of halogens is 1. The Morgan fingerprint density at radius 3 is 2.10 bits per heavy atom. The molecule has 0 N–H and O–H groups in total. The second-order valence-electron chi connectivity index (χ2n) is 1.40. The van der Waals surface area contributed by atoms with Crippen LogP contribution < -0.4 is 0 Å². The minimum Gasteiger partial charge on any atom is -0.195 e. The first-order valence-electron chi connectivity index (χ1n) is 2.29. The van der Waals surface area contributed by atoms with Crippen LogP contribution in [0.15, 0.2) is 24.3 Å². The molecule has 1 rings (SSSR count). The smallest absolute Gasteiger partial charge is 0.0725 e. The largest absolute Gasteiger partial charge is 0.195 e. The second kappa shape index (κ2) is 7.17. The summed E-state index contributed by atoms with van der Waals surface area (Å²) < 4.78 is 0. The van der Waals surface area contributed by atoms with E-state index in [4.69, 9.17) is 5.26 Å². The molecule has 0 saturated carbocycles. The zero-order valence-electron chi connectivity index (χ0n) is 5.37. The average molecular weight is 295 g/mol. The van der Waals surface area contributed by atoms with Crippen LogP contribution in [0.2, 0.25) is 0 Å². The first kappa shape index (κ1) is 12.7. The summed E-state index contributed by atoms with van der Waals surface area (Å²) in [5.74, 6) is 0. The molecule has 0 aliphatic carbocycles. The molecule has 0 amide bonds. The molecule has 0 heterocycles. The SMILES string of the molecule is I.N#Cc1cc[c-]cc1.[Zn]. The van der Waals surface area contributed by atoms with Gasteiger partial charge in [0.15, 0.2) is 0 Å². The minimum absolute atomic E-state index is 0. The van der Waals surface area contributed by atoms with E-state index in [-0.39, 0.29) is 43.5 Å². The van der Waals surface area contributed by atoms with Crippen molar-refractivity contribution in [2.75, 3.05) is 0 Å². The van der Waals surface area contributed by atoms with E-state index in [1.54, 1.807) is 24.3 Å². The fraction of sp³-hybridized carbons (Fsp3) is 0. The average Bonchev–Trinajstić information content (AvgIpc) is 1.90. The van der Waals surface area contributed by atoms with Gasteiger partial charge in [-0.15, -0.1) is 24.0 Å². The maximum atomic E-state index is 8.27. The number of hydrogen-bond acceptors (Lipinski definition) is 1. The Morgan fingerprint density at radius 1 is 1.30 bits per heavy atom. The summed E-state index contributed by atoms with van der Waals surface area (Å²) >= 11 is 0. The monoisotopic (exact) mass is 294 g/mol. The Hall–Kier alpha value is 0.0634. The van der Waals surface area contributed by atoms with Gasteiger partial charge in [0.25, 0.3) is 0 Å². The number of benzene rings is 1. The molecule has 0 fully saturated rings. The van der Waals surface area contributed by atoms with Gasteiger partial charge in [0, 0.05) is 19.5 Å². The van der Waals surface area contributed by atoms with Gasteiger partial charge >= 0.3 is 0 Å². The Labute approximate surface area is 90.2 Å².